The molecule has 0 aliphatic carbocycles. The normalized spacial score (nSPS) is 20.9. The van der Waals surface area contributed by atoms with Crippen molar-refractivity contribution in [1.29, 1.82) is 0 Å². The third kappa shape index (κ3) is 5.03. The molecule has 1 aliphatic rings. The zero-order valence-corrected chi connectivity index (χ0v) is 22.6. The topological polar surface area (TPSA) is 54.3 Å². The average molecular weight is 566 g/mol. The number of nitrogens with one attached hydrogen (secondary N) is 1. The molecule has 0 saturated carbocycles. The fourth-order valence-corrected chi connectivity index (χ4v) is 6.24. The van der Waals surface area contributed by atoms with Crippen molar-refractivity contribution in [2.75, 3.05) is 6.54 Å². The largest absolute Gasteiger partial charge is 0.389 e. The van der Waals surface area contributed by atoms with Crippen LogP contribution in [0.4, 0.5) is 0 Å². The maximum Gasteiger partial charge on any atom is 0.254 e. The maximum absolute atomic E-state index is 13.9. The van der Waals surface area contributed by atoms with Gasteiger partial charge < -0.3 is 15.0 Å². The molecule has 4 nitrogen and oxygen atoms in total. The van der Waals surface area contributed by atoms with Crippen molar-refractivity contribution >= 4 is 38.4 Å². The number of rotatable bonds is 6. The lowest BCUT2D eigenvalue weighted by Crippen LogP contribution is -2.53. The Bertz CT molecular complexity index is 1420. The van der Waals surface area contributed by atoms with Gasteiger partial charge in [-0.15, -0.1) is 0 Å². The van der Waals surface area contributed by atoms with E-state index < -0.39 is 11.5 Å². The summed E-state index contributed by atoms with van der Waals surface area (Å²) in [5.41, 5.74) is 2.49. The van der Waals surface area contributed by atoms with Crippen LogP contribution in [0.25, 0.3) is 10.9 Å². The molecule has 3 aromatic carbocycles. The molecule has 1 aliphatic heterocycles. The highest BCUT2D eigenvalue weighted by Crippen LogP contribution is 2.42. The van der Waals surface area contributed by atoms with Crippen molar-refractivity contribution in [1.82, 2.24) is 9.88 Å². The Morgan fingerprint density at radius 2 is 1.86 bits per heavy atom. The minimum atomic E-state index is -1.09. The van der Waals surface area contributed by atoms with Gasteiger partial charge in [0.1, 0.15) is 0 Å². The minimum absolute atomic E-state index is 0.0566. The van der Waals surface area contributed by atoms with Crippen LogP contribution in [0.3, 0.4) is 0 Å². The van der Waals surface area contributed by atoms with Crippen LogP contribution >= 0.6 is 27.5 Å². The number of hydrogen-bond donors (Lipinski definition) is 2. The number of aliphatic hydroxyl groups is 1. The van der Waals surface area contributed by atoms with Gasteiger partial charge in [-0.05, 0) is 85.6 Å². The van der Waals surface area contributed by atoms with Crippen LogP contribution in [-0.2, 0) is 13.0 Å². The van der Waals surface area contributed by atoms with Crippen LogP contribution in [-0.4, -0.2) is 27.9 Å². The van der Waals surface area contributed by atoms with Gasteiger partial charge in [0.15, 0.2) is 0 Å². The Hall–Kier alpha value is -2.44. The molecule has 2 N–H and O–H groups in total. The molecule has 3 atom stereocenters. The van der Waals surface area contributed by atoms with Crippen LogP contribution in [0.1, 0.15) is 42.4 Å². The second kappa shape index (κ2) is 10.5. The highest BCUT2D eigenvalue weighted by Gasteiger charge is 2.44. The molecule has 1 fully saturated rings. The second-order valence-corrected chi connectivity index (χ2v) is 11.1. The number of piperidine rings is 1. The molecule has 6 heteroatoms. The second-order valence-electron chi connectivity index (χ2n) is 9.74. The van der Waals surface area contributed by atoms with Gasteiger partial charge in [-0.25, -0.2) is 0 Å². The van der Waals surface area contributed by atoms with Gasteiger partial charge in [0, 0.05) is 33.6 Å². The predicted molar refractivity (Wildman–Crippen MR) is 151 cm³/mol. The molecule has 36 heavy (non-hydrogen) atoms. The zero-order valence-electron chi connectivity index (χ0n) is 20.3. The Morgan fingerprint density at radius 3 is 2.58 bits per heavy atom. The summed E-state index contributed by atoms with van der Waals surface area (Å²) in [6.07, 6.45) is 1.91. The Labute approximate surface area is 225 Å². The molecule has 0 bridgehead atoms. The van der Waals surface area contributed by atoms with Crippen molar-refractivity contribution in [3.63, 3.8) is 0 Å². The van der Waals surface area contributed by atoms with Gasteiger partial charge in [0.05, 0.1) is 11.1 Å². The Kier molecular flexibility index (Phi) is 7.36. The summed E-state index contributed by atoms with van der Waals surface area (Å²) >= 11 is 9.81. The van der Waals surface area contributed by atoms with Crippen molar-refractivity contribution < 1.29 is 5.11 Å². The number of hydrogen-bond acceptors (Lipinski definition) is 3. The highest BCUT2D eigenvalue weighted by atomic mass is 79.9. The average Bonchev–Trinajstić information content (AvgIpc) is 2.86. The third-order valence-corrected chi connectivity index (χ3v) is 8.11. The summed E-state index contributed by atoms with van der Waals surface area (Å²) in [5, 5.41) is 17.5. The molecular weight excluding hydrogens is 536 g/mol. The van der Waals surface area contributed by atoms with Gasteiger partial charge in [0.2, 0.25) is 0 Å². The summed E-state index contributed by atoms with van der Waals surface area (Å²) in [6.45, 7) is 3.22. The monoisotopic (exact) mass is 564 g/mol. The number of fused-ring (bicyclic) bond motifs is 1. The number of halogens is 2. The molecule has 0 spiro atoms. The first-order valence-corrected chi connectivity index (χ1v) is 13.6. The van der Waals surface area contributed by atoms with Gasteiger partial charge in [-0.3, -0.25) is 4.79 Å². The van der Waals surface area contributed by atoms with Crippen molar-refractivity contribution in [3.8, 4) is 0 Å². The zero-order chi connectivity index (χ0) is 25.3. The lowest BCUT2D eigenvalue weighted by atomic mass is 9.70. The van der Waals surface area contributed by atoms with Crippen LogP contribution < -0.4 is 10.9 Å². The van der Waals surface area contributed by atoms with E-state index in [1.54, 1.807) is 0 Å². The molecule has 2 heterocycles. The first-order chi connectivity index (χ1) is 17.4. The molecule has 0 radical (unpaired) electrons. The first-order valence-electron chi connectivity index (χ1n) is 12.5. The number of aromatic nitrogens is 1. The molecule has 0 amide bonds. The van der Waals surface area contributed by atoms with E-state index in [1.165, 1.54) is 5.56 Å². The number of benzene rings is 3. The van der Waals surface area contributed by atoms with E-state index in [4.69, 9.17) is 11.6 Å². The van der Waals surface area contributed by atoms with E-state index in [2.05, 4.69) is 33.4 Å². The lowest BCUT2D eigenvalue weighted by Gasteiger charge is -2.43. The molecule has 1 saturated heterocycles. The quantitative estimate of drug-likeness (QED) is 0.289. The predicted octanol–water partition coefficient (Wildman–Crippen LogP) is 6.30. The Balaban J connectivity index is 1.64. The number of pyridine rings is 1. The smallest absolute Gasteiger partial charge is 0.254 e. The number of aryl methyl sites for hydroxylation is 1. The van der Waals surface area contributed by atoms with Gasteiger partial charge >= 0.3 is 0 Å². The fraction of sp³-hybridized carbons (Fsp3) is 0.300. The molecule has 3 unspecified atom stereocenters. The van der Waals surface area contributed by atoms with E-state index >= 15 is 0 Å². The van der Waals surface area contributed by atoms with Crippen molar-refractivity contribution in [2.45, 2.75) is 50.3 Å². The number of nitrogens with zero attached hydrogens (tertiary/aromatic N) is 1. The lowest BCUT2D eigenvalue weighted by molar-refractivity contribution is -0.0189. The molecule has 5 rings (SSSR count). The van der Waals surface area contributed by atoms with Crippen molar-refractivity contribution in [3.05, 3.63) is 115 Å². The first kappa shape index (κ1) is 25.2. The molecular formula is C30H30BrClN2O2. The summed E-state index contributed by atoms with van der Waals surface area (Å²) in [6, 6.07) is 25.9. The van der Waals surface area contributed by atoms with E-state index in [1.807, 2.05) is 78.2 Å². The van der Waals surface area contributed by atoms with Gasteiger partial charge in [-0.1, -0.05) is 70.0 Å². The van der Waals surface area contributed by atoms with Crippen LogP contribution in [0.15, 0.2) is 88.1 Å². The molecule has 186 valence electrons. The fourth-order valence-electron chi connectivity index (χ4n) is 5.74. The summed E-state index contributed by atoms with van der Waals surface area (Å²) in [7, 11) is 0. The van der Waals surface area contributed by atoms with Crippen molar-refractivity contribution in [2.24, 2.45) is 0 Å². The molecule has 1 aromatic heterocycles. The van der Waals surface area contributed by atoms with E-state index in [0.717, 1.165) is 27.4 Å². The summed E-state index contributed by atoms with van der Waals surface area (Å²) in [5.74, 6) is -0.483. The van der Waals surface area contributed by atoms with E-state index in [0.29, 0.717) is 36.5 Å². The molecule has 4 aromatic rings. The van der Waals surface area contributed by atoms with Gasteiger partial charge in [0.25, 0.3) is 5.56 Å². The van der Waals surface area contributed by atoms with E-state index in [9.17, 15) is 9.90 Å². The van der Waals surface area contributed by atoms with Crippen LogP contribution in [0.2, 0.25) is 5.02 Å². The standard InChI is InChI=1S/C30H30BrClN2O2/c1-2-34-27-13-10-23(31)17-22(27)18-26(29(34)35)28(21-8-11-24(32)12-9-21)30(36)14-15-33-25(19-30)16-20-6-4-3-5-7-20/h3-13,17-18,25,28,33,36H,2,14-16,19H2,1H3. The van der Waals surface area contributed by atoms with Crippen LogP contribution in [0, 0.1) is 0 Å². The summed E-state index contributed by atoms with van der Waals surface area (Å²) in [4.78, 5) is 13.9. The van der Waals surface area contributed by atoms with Crippen LogP contribution in [0.5, 0.6) is 0 Å². The SMILES string of the molecule is CCn1c(=O)c(C(c2ccc(Cl)cc2)C2(O)CCNC(Cc3ccccc3)C2)cc2cc(Br)ccc21. The van der Waals surface area contributed by atoms with Gasteiger partial charge in [-0.2, -0.15) is 0 Å². The Morgan fingerprint density at radius 1 is 1.11 bits per heavy atom. The summed E-state index contributed by atoms with van der Waals surface area (Å²) < 4.78 is 2.76. The minimum Gasteiger partial charge on any atom is -0.389 e. The highest BCUT2D eigenvalue weighted by molar-refractivity contribution is 9.10. The maximum atomic E-state index is 13.9. The third-order valence-electron chi connectivity index (χ3n) is 7.37. The van der Waals surface area contributed by atoms with E-state index in [-0.39, 0.29) is 11.6 Å².